The Morgan fingerprint density at radius 2 is 0.755 bits per heavy atom. The maximum atomic E-state index is 12.6. The maximum Gasteiger partial charge on any atom is 2.00 e. The van der Waals surface area contributed by atoms with E-state index in [1.54, 1.807) is 97.3 Å². The number of aromatic nitrogens is 2. The number of benzene rings is 6. The molecule has 6 aromatic carbocycles. The molecule has 0 saturated heterocycles. The Hall–Kier alpha value is -5.22. The van der Waals surface area contributed by atoms with E-state index in [1.807, 2.05) is 60.7 Å². The zero-order valence-electron chi connectivity index (χ0n) is 26.0. The summed E-state index contributed by atoms with van der Waals surface area (Å²) in [7, 11) is -7.55. The van der Waals surface area contributed by atoms with Crippen molar-refractivity contribution in [3.05, 3.63) is 167 Å². The molecule has 0 aliphatic carbocycles. The summed E-state index contributed by atoms with van der Waals surface area (Å²) in [5.41, 5.74) is 2.30. The number of fused-ring (bicyclic) bond motifs is 6. The van der Waals surface area contributed by atoms with Crippen molar-refractivity contribution in [1.29, 1.82) is 0 Å². The van der Waals surface area contributed by atoms with E-state index in [0.29, 0.717) is 11.4 Å². The molecule has 8 rings (SSSR count). The monoisotopic (exact) mass is 730 g/mol. The fourth-order valence-electron chi connectivity index (χ4n) is 5.49. The van der Waals surface area contributed by atoms with Gasteiger partial charge < -0.3 is 9.44 Å². The Morgan fingerprint density at radius 3 is 1.16 bits per heavy atom. The molecular weight excluding hydrogens is 706 g/mol. The standard InChI is InChI=1S/2C19H13N2O2S.Zn/c2*22-24(23,16-8-2-1-3-9-16)21-17-10-4-6-14-11-12-15-7-5-13-20-19(15)18(14)17;/h2*1-13H;/q2*-1;+2. The van der Waals surface area contributed by atoms with Gasteiger partial charge in [-0.2, -0.15) is 0 Å². The third-order valence-electron chi connectivity index (χ3n) is 7.70. The van der Waals surface area contributed by atoms with E-state index in [1.165, 1.54) is 0 Å². The molecule has 0 atom stereocenters. The molecule has 0 fully saturated rings. The molecule has 0 unspecified atom stereocenters. The van der Waals surface area contributed by atoms with E-state index < -0.39 is 20.0 Å². The van der Waals surface area contributed by atoms with Crippen LogP contribution in [0.25, 0.3) is 52.8 Å². The minimum Gasteiger partial charge on any atom is -0.572 e. The van der Waals surface area contributed by atoms with E-state index in [9.17, 15) is 16.8 Å². The Kier molecular flexibility index (Phi) is 9.69. The van der Waals surface area contributed by atoms with Crippen molar-refractivity contribution in [1.82, 2.24) is 9.97 Å². The van der Waals surface area contributed by atoms with Crippen LogP contribution in [-0.4, -0.2) is 26.8 Å². The van der Waals surface area contributed by atoms with Crippen molar-refractivity contribution in [2.75, 3.05) is 0 Å². The average molecular weight is 732 g/mol. The molecule has 0 saturated carbocycles. The third kappa shape index (κ3) is 7.01. The molecule has 0 aliphatic rings. The average Bonchev–Trinajstić information content (AvgIpc) is 3.12. The Labute approximate surface area is 296 Å². The molecule has 0 N–H and O–H groups in total. The molecule has 0 spiro atoms. The van der Waals surface area contributed by atoms with Gasteiger partial charge in [0.1, 0.15) is 20.0 Å². The molecule has 0 radical (unpaired) electrons. The summed E-state index contributed by atoms with van der Waals surface area (Å²) in [5, 5.41) is 5.20. The summed E-state index contributed by atoms with van der Waals surface area (Å²) in [6.07, 6.45) is 3.40. The van der Waals surface area contributed by atoms with Gasteiger partial charge in [-0.3, -0.25) is 9.97 Å². The fraction of sp³-hybridized carbons (Fsp3) is 0. The van der Waals surface area contributed by atoms with E-state index in [2.05, 4.69) is 19.4 Å². The molecular formula is C38H26N4O4S2Zn. The smallest absolute Gasteiger partial charge is 0.572 e. The first-order valence-corrected chi connectivity index (χ1v) is 17.8. The van der Waals surface area contributed by atoms with Gasteiger partial charge >= 0.3 is 19.5 Å². The Bertz CT molecular complexity index is 2470. The van der Waals surface area contributed by atoms with E-state index in [-0.39, 0.29) is 29.3 Å². The molecule has 8 nitrogen and oxygen atoms in total. The molecule has 0 bridgehead atoms. The van der Waals surface area contributed by atoms with Crippen LogP contribution in [0.3, 0.4) is 0 Å². The summed E-state index contributed by atoms with van der Waals surface area (Å²) >= 11 is 0. The van der Waals surface area contributed by atoms with Gasteiger partial charge in [0, 0.05) is 23.2 Å². The second kappa shape index (κ2) is 14.1. The summed E-state index contributed by atoms with van der Waals surface area (Å²) in [4.78, 5) is 9.19. The molecule has 11 heteroatoms. The number of sulfonamides is 2. The number of nitrogens with zero attached hydrogens (tertiary/aromatic N) is 4. The van der Waals surface area contributed by atoms with Gasteiger partial charge in [-0.25, -0.2) is 16.8 Å². The van der Waals surface area contributed by atoms with Gasteiger partial charge in [0.05, 0.1) is 20.8 Å². The van der Waals surface area contributed by atoms with Crippen molar-refractivity contribution in [3.63, 3.8) is 0 Å². The summed E-state index contributed by atoms with van der Waals surface area (Å²) in [6, 6.07) is 42.8. The number of hydrogen-bond acceptors (Lipinski definition) is 6. The van der Waals surface area contributed by atoms with Crippen molar-refractivity contribution in [2.24, 2.45) is 0 Å². The van der Waals surface area contributed by atoms with Crippen molar-refractivity contribution < 1.29 is 36.3 Å². The number of hydrogen-bond donors (Lipinski definition) is 0. The molecule has 49 heavy (non-hydrogen) atoms. The zero-order valence-corrected chi connectivity index (χ0v) is 30.6. The molecule has 0 aliphatic heterocycles. The van der Waals surface area contributed by atoms with E-state index >= 15 is 0 Å². The van der Waals surface area contributed by atoms with Gasteiger partial charge in [0.2, 0.25) is 0 Å². The van der Waals surface area contributed by atoms with Crippen molar-refractivity contribution >= 4 is 74.8 Å². The van der Waals surface area contributed by atoms with E-state index in [4.69, 9.17) is 0 Å². The summed E-state index contributed by atoms with van der Waals surface area (Å²) in [5.74, 6) is 0. The first kappa shape index (κ1) is 33.7. The van der Waals surface area contributed by atoms with Crippen molar-refractivity contribution in [2.45, 2.75) is 9.79 Å². The molecule has 8 aromatic rings. The number of pyridine rings is 2. The second-order valence-electron chi connectivity index (χ2n) is 10.8. The second-order valence-corrected chi connectivity index (χ2v) is 14.0. The SMILES string of the molecule is O=S(=O)([N-]c1cccc2ccc3cccnc3c12)c1ccccc1.O=S(=O)([N-]c1cccc2ccc3cccnc3c12)c1ccccc1.[Zn+2]. The largest absolute Gasteiger partial charge is 2.00 e. The molecule has 0 amide bonds. The van der Waals surface area contributed by atoms with Crippen LogP contribution >= 0.6 is 0 Å². The van der Waals surface area contributed by atoms with Gasteiger partial charge in [-0.15, -0.1) is 11.4 Å². The van der Waals surface area contributed by atoms with Gasteiger partial charge in [0.25, 0.3) is 0 Å². The fourth-order valence-corrected chi connectivity index (χ4v) is 7.53. The van der Waals surface area contributed by atoms with E-state index in [0.717, 1.165) is 43.4 Å². The summed E-state index contributed by atoms with van der Waals surface area (Å²) in [6.45, 7) is 0. The quantitative estimate of drug-likeness (QED) is 0.124. The number of rotatable bonds is 6. The van der Waals surface area contributed by atoms with Crippen LogP contribution < -0.4 is 0 Å². The predicted molar refractivity (Wildman–Crippen MR) is 192 cm³/mol. The topological polar surface area (TPSA) is 122 Å². The first-order chi connectivity index (χ1) is 23.3. The van der Waals surface area contributed by atoms with Crippen LogP contribution in [0.1, 0.15) is 0 Å². The molecule has 2 aromatic heterocycles. The molecule has 2 heterocycles. The van der Waals surface area contributed by atoms with Crippen LogP contribution in [0.5, 0.6) is 0 Å². The molecule has 236 valence electrons. The zero-order chi connectivity index (χ0) is 33.1. The third-order valence-corrected chi connectivity index (χ3v) is 10.3. The van der Waals surface area contributed by atoms with Gasteiger partial charge in [-0.1, -0.05) is 109 Å². The minimum atomic E-state index is -3.78. The first-order valence-electron chi connectivity index (χ1n) is 14.9. The van der Waals surface area contributed by atoms with Gasteiger partial charge in [-0.05, 0) is 57.9 Å². The van der Waals surface area contributed by atoms with Crippen molar-refractivity contribution in [3.8, 4) is 0 Å². The van der Waals surface area contributed by atoms with Gasteiger partial charge in [0.15, 0.2) is 0 Å². The van der Waals surface area contributed by atoms with Crippen LogP contribution in [0.15, 0.2) is 168 Å². The van der Waals surface area contributed by atoms with Crippen LogP contribution in [-0.2, 0) is 39.5 Å². The summed E-state index contributed by atoms with van der Waals surface area (Å²) < 4.78 is 58.5. The van der Waals surface area contributed by atoms with Crippen LogP contribution in [0.2, 0.25) is 0 Å². The van der Waals surface area contributed by atoms with Crippen LogP contribution in [0, 0.1) is 0 Å². The Morgan fingerprint density at radius 1 is 0.388 bits per heavy atom. The Balaban J connectivity index is 0.000000167. The van der Waals surface area contributed by atoms with Crippen LogP contribution in [0.4, 0.5) is 11.4 Å². The minimum absolute atomic E-state index is 0. The maximum absolute atomic E-state index is 12.6. The normalized spacial score (nSPS) is 11.4. The predicted octanol–water partition coefficient (Wildman–Crippen LogP) is 9.56.